The van der Waals surface area contributed by atoms with Crippen LogP contribution in [0, 0.1) is 6.92 Å². The van der Waals surface area contributed by atoms with Crippen LogP contribution in [0.3, 0.4) is 0 Å². The van der Waals surface area contributed by atoms with E-state index in [-0.39, 0.29) is 0 Å². The van der Waals surface area contributed by atoms with Crippen LogP contribution in [-0.2, 0) is 14.8 Å². The number of anilines is 2. The molecule has 26 heavy (non-hydrogen) atoms. The Bertz CT molecular complexity index is 915. The topological polar surface area (TPSA) is 75.7 Å². The molecule has 0 bridgehead atoms. The van der Waals surface area contributed by atoms with Crippen molar-refractivity contribution < 1.29 is 17.9 Å². The molecule has 2 rings (SSSR count). The second-order valence-electron chi connectivity index (χ2n) is 5.91. The summed E-state index contributed by atoms with van der Waals surface area (Å²) in [4.78, 5) is 12.7. The van der Waals surface area contributed by atoms with E-state index < -0.39 is 22.0 Å². The molecule has 0 aliphatic rings. The molecule has 1 unspecified atom stereocenters. The van der Waals surface area contributed by atoms with Gasteiger partial charge in [-0.3, -0.25) is 9.10 Å². The number of sulfonamides is 1. The fourth-order valence-corrected chi connectivity index (χ4v) is 3.93. The molecule has 0 heterocycles. The number of hydrogen-bond donors (Lipinski definition) is 1. The lowest BCUT2D eigenvalue weighted by molar-refractivity contribution is -0.116. The Morgan fingerprint density at radius 1 is 1.23 bits per heavy atom. The summed E-state index contributed by atoms with van der Waals surface area (Å²) in [6, 6.07) is 10.8. The third-order valence-corrected chi connectivity index (χ3v) is 5.22. The molecule has 1 amide bonds. The molecule has 0 aliphatic carbocycles. The van der Waals surface area contributed by atoms with Gasteiger partial charge in [0.05, 0.1) is 19.1 Å². The molecule has 1 atom stereocenters. The van der Waals surface area contributed by atoms with Crippen LogP contribution in [0.25, 0.3) is 0 Å². The van der Waals surface area contributed by atoms with Gasteiger partial charge in [-0.1, -0.05) is 23.7 Å². The number of ether oxygens (including phenoxy) is 1. The highest BCUT2D eigenvalue weighted by Gasteiger charge is 2.31. The zero-order valence-electron chi connectivity index (χ0n) is 15.0. The quantitative estimate of drug-likeness (QED) is 0.811. The minimum Gasteiger partial charge on any atom is -0.495 e. The van der Waals surface area contributed by atoms with Crippen LogP contribution in [0.5, 0.6) is 5.75 Å². The Morgan fingerprint density at radius 2 is 1.92 bits per heavy atom. The van der Waals surface area contributed by atoms with Crippen LogP contribution >= 0.6 is 11.6 Å². The summed E-state index contributed by atoms with van der Waals surface area (Å²) >= 11 is 5.92. The number of amides is 1. The highest BCUT2D eigenvalue weighted by Crippen LogP contribution is 2.32. The largest absolute Gasteiger partial charge is 0.495 e. The number of benzene rings is 2. The minimum absolute atomic E-state index is 0.309. The number of halogens is 1. The minimum atomic E-state index is -3.75. The molecule has 0 radical (unpaired) electrons. The summed E-state index contributed by atoms with van der Waals surface area (Å²) in [5.41, 5.74) is 1.64. The van der Waals surface area contributed by atoms with Gasteiger partial charge in [-0.05, 0) is 49.7 Å². The summed E-state index contributed by atoms with van der Waals surface area (Å²) in [6.45, 7) is 3.35. The van der Waals surface area contributed by atoms with Crippen LogP contribution in [-0.4, -0.2) is 33.7 Å². The Hall–Kier alpha value is -2.25. The lowest BCUT2D eigenvalue weighted by Gasteiger charge is -2.29. The molecule has 140 valence electrons. The van der Waals surface area contributed by atoms with Crippen molar-refractivity contribution in [1.29, 1.82) is 0 Å². The predicted molar refractivity (Wildman–Crippen MR) is 105 cm³/mol. The van der Waals surface area contributed by atoms with Crippen molar-refractivity contribution in [3.63, 3.8) is 0 Å². The van der Waals surface area contributed by atoms with Crippen molar-refractivity contribution in [2.45, 2.75) is 19.9 Å². The summed E-state index contributed by atoms with van der Waals surface area (Å²) < 4.78 is 31.2. The van der Waals surface area contributed by atoms with Gasteiger partial charge >= 0.3 is 0 Å². The summed E-state index contributed by atoms with van der Waals surface area (Å²) in [5.74, 6) is -0.121. The standard InChI is InChI=1S/C18H21ClN2O4S/c1-12-8-9-17(25-3)16(10-12)21(26(4,23)24)13(2)18(22)20-15-7-5-6-14(19)11-15/h5-11,13H,1-4H3,(H,20,22). The number of nitrogens with one attached hydrogen (secondary N) is 1. The van der Waals surface area contributed by atoms with Crippen LogP contribution < -0.4 is 14.4 Å². The van der Waals surface area contributed by atoms with E-state index in [1.54, 1.807) is 42.5 Å². The average molecular weight is 397 g/mol. The third kappa shape index (κ3) is 4.68. The molecule has 0 saturated carbocycles. The molecule has 0 spiro atoms. The highest BCUT2D eigenvalue weighted by molar-refractivity contribution is 7.92. The maximum absolute atomic E-state index is 12.7. The molecular weight excluding hydrogens is 376 g/mol. The summed E-state index contributed by atoms with van der Waals surface area (Å²) in [6.07, 6.45) is 1.05. The zero-order chi connectivity index (χ0) is 19.5. The van der Waals surface area contributed by atoms with E-state index in [4.69, 9.17) is 16.3 Å². The van der Waals surface area contributed by atoms with Crippen LogP contribution in [0.15, 0.2) is 42.5 Å². The van der Waals surface area contributed by atoms with E-state index in [0.717, 1.165) is 16.1 Å². The highest BCUT2D eigenvalue weighted by atomic mass is 35.5. The van der Waals surface area contributed by atoms with E-state index in [1.165, 1.54) is 14.0 Å². The number of carbonyl (C=O) groups excluding carboxylic acids is 1. The van der Waals surface area contributed by atoms with Gasteiger partial charge in [0.2, 0.25) is 15.9 Å². The Morgan fingerprint density at radius 3 is 2.50 bits per heavy atom. The van der Waals surface area contributed by atoms with Gasteiger partial charge in [0, 0.05) is 10.7 Å². The first kappa shape index (κ1) is 20.1. The molecule has 2 aromatic carbocycles. The molecular formula is C18H21ClN2O4S. The predicted octanol–water partition coefficient (Wildman–Crippen LogP) is 3.45. The molecule has 6 nitrogen and oxygen atoms in total. The monoisotopic (exact) mass is 396 g/mol. The van der Waals surface area contributed by atoms with Crippen molar-refractivity contribution >= 4 is 38.9 Å². The van der Waals surface area contributed by atoms with Gasteiger partial charge in [0.15, 0.2) is 0 Å². The molecule has 2 aromatic rings. The third-order valence-electron chi connectivity index (χ3n) is 3.75. The first-order valence-electron chi connectivity index (χ1n) is 7.84. The number of methoxy groups -OCH3 is 1. The Balaban J connectivity index is 2.41. The summed E-state index contributed by atoms with van der Waals surface area (Å²) in [7, 11) is -2.30. The SMILES string of the molecule is COc1ccc(C)cc1N(C(C)C(=O)Nc1cccc(Cl)c1)S(C)(=O)=O. The van der Waals surface area contributed by atoms with Gasteiger partial charge in [-0.25, -0.2) is 8.42 Å². The normalized spacial score (nSPS) is 12.3. The first-order valence-corrected chi connectivity index (χ1v) is 10.1. The van der Waals surface area contributed by atoms with Crippen LogP contribution in [0.4, 0.5) is 11.4 Å². The van der Waals surface area contributed by atoms with Crippen molar-refractivity contribution in [3.05, 3.63) is 53.1 Å². The Labute approximate surface area is 158 Å². The number of carbonyl (C=O) groups is 1. The maximum atomic E-state index is 12.7. The van der Waals surface area contributed by atoms with Gasteiger partial charge in [0.1, 0.15) is 11.8 Å². The number of nitrogens with zero attached hydrogens (tertiary/aromatic N) is 1. The van der Waals surface area contributed by atoms with Gasteiger partial charge < -0.3 is 10.1 Å². The second-order valence-corrected chi connectivity index (χ2v) is 8.21. The van der Waals surface area contributed by atoms with E-state index in [1.807, 2.05) is 6.92 Å². The first-order chi connectivity index (χ1) is 12.1. The van der Waals surface area contributed by atoms with Gasteiger partial charge in [0.25, 0.3) is 0 Å². The number of hydrogen-bond acceptors (Lipinski definition) is 4. The van der Waals surface area contributed by atoms with Crippen LogP contribution in [0.1, 0.15) is 12.5 Å². The lowest BCUT2D eigenvalue weighted by Crippen LogP contribution is -2.45. The van der Waals surface area contributed by atoms with Crippen molar-refractivity contribution in [2.24, 2.45) is 0 Å². The Kier molecular flexibility index (Phi) is 6.15. The van der Waals surface area contributed by atoms with Crippen molar-refractivity contribution in [3.8, 4) is 5.75 Å². The van der Waals surface area contributed by atoms with Crippen LogP contribution in [0.2, 0.25) is 5.02 Å². The average Bonchev–Trinajstić information content (AvgIpc) is 2.54. The fraction of sp³-hybridized carbons (Fsp3) is 0.278. The van der Waals surface area contributed by atoms with Crippen molar-refractivity contribution in [1.82, 2.24) is 0 Å². The molecule has 0 aromatic heterocycles. The molecule has 8 heteroatoms. The number of rotatable bonds is 6. The van der Waals surface area contributed by atoms with E-state index in [2.05, 4.69) is 5.32 Å². The van der Waals surface area contributed by atoms with Crippen molar-refractivity contribution in [2.75, 3.05) is 23.0 Å². The smallest absolute Gasteiger partial charge is 0.247 e. The number of aryl methyl sites for hydroxylation is 1. The fourth-order valence-electron chi connectivity index (χ4n) is 2.57. The second kappa shape index (κ2) is 7.97. The van der Waals surface area contributed by atoms with Gasteiger partial charge in [-0.2, -0.15) is 0 Å². The van der Waals surface area contributed by atoms with Gasteiger partial charge in [-0.15, -0.1) is 0 Å². The zero-order valence-corrected chi connectivity index (χ0v) is 16.6. The molecule has 0 saturated heterocycles. The van der Waals surface area contributed by atoms with E-state index >= 15 is 0 Å². The summed E-state index contributed by atoms with van der Waals surface area (Å²) in [5, 5.41) is 3.15. The van der Waals surface area contributed by atoms with E-state index in [9.17, 15) is 13.2 Å². The maximum Gasteiger partial charge on any atom is 0.247 e. The molecule has 0 fully saturated rings. The molecule has 0 aliphatic heterocycles. The lowest BCUT2D eigenvalue weighted by atomic mass is 10.2. The molecule has 1 N–H and O–H groups in total. The van der Waals surface area contributed by atoms with E-state index in [0.29, 0.717) is 22.1 Å².